The maximum atomic E-state index is 14.2. The van der Waals surface area contributed by atoms with Crippen LogP contribution in [0.1, 0.15) is 89.2 Å². The number of hydrogen-bond acceptors (Lipinski definition) is 10. The van der Waals surface area contributed by atoms with E-state index in [-0.39, 0.29) is 25.5 Å². The first-order valence-electron chi connectivity index (χ1n) is 17.1. The number of amides is 4. The van der Waals surface area contributed by atoms with Crippen LogP contribution in [0.4, 0.5) is 4.79 Å². The third-order valence-electron chi connectivity index (χ3n) is 9.79. The molecule has 3 aliphatic carbocycles. The zero-order valence-electron chi connectivity index (χ0n) is 26.9. The van der Waals surface area contributed by atoms with Crippen molar-refractivity contribution in [1.29, 1.82) is 0 Å². The van der Waals surface area contributed by atoms with Gasteiger partial charge >= 0.3 is 6.09 Å². The van der Waals surface area contributed by atoms with Crippen LogP contribution in [0.2, 0.25) is 0 Å². The predicted molar refractivity (Wildman–Crippen MR) is 174 cm³/mol. The van der Waals surface area contributed by atoms with Crippen LogP contribution in [-0.4, -0.2) is 90.0 Å². The summed E-state index contributed by atoms with van der Waals surface area (Å²) in [5.74, 6) is -2.26. The third kappa shape index (κ3) is 8.16. The quantitative estimate of drug-likeness (QED) is 0.210. The Bertz CT molecular complexity index is 1530. The fraction of sp³-hybridized carbons (Fsp3) is 0.636. The number of aromatic nitrogens is 1. The highest BCUT2D eigenvalue weighted by Gasteiger charge is 2.62. The molecule has 3 N–H and O–H groups in total. The number of nitrogens with zero attached hydrogens (tertiary/aromatic N) is 3. The molecule has 14 nitrogen and oxygen atoms in total. The summed E-state index contributed by atoms with van der Waals surface area (Å²) in [6.07, 6.45) is 13.4. The SMILES string of the molecule is O=C(N[C@H]1CCCCC/C=C\[C@@H]2C[C@]2(C(=O)NS(=O)(=O)C2CC2)NC(=O)[C@@H]2C[C@@H](O/N=C/c3ccccn3)CN2C1=O)OC1CCCC1. The smallest absolute Gasteiger partial charge is 0.408 e. The number of oxime groups is 1. The van der Waals surface area contributed by atoms with Crippen LogP contribution in [0, 0.1) is 5.92 Å². The Morgan fingerprint density at radius 1 is 1.04 bits per heavy atom. The number of carbonyl (C=O) groups excluding carboxylic acids is 4. The molecule has 4 amide bonds. The minimum atomic E-state index is -3.86. The van der Waals surface area contributed by atoms with Gasteiger partial charge in [-0.1, -0.05) is 36.2 Å². The highest BCUT2D eigenvalue weighted by Crippen LogP contribution is 2.46. The third-order valence-corrected chi connectivity index (χ3v) is 11.6. The number of sulfonamides is 1. The van der Waals surface area contributed by atoms with Gasteiger partial charge in [-0.25, -0.2) is 13.2 Å². The van der Waals surface area contributed by atoms with Crippen LogP contribution in [0.3, 0.4) is 0 Å². The summed E-state index contributed by atoms with van der Waals surface area (Å²) in [4.78, 5) is 66.0. The van der Waals surface area contributed by atoms with Crippen LogP contribution in [0.25, 0.3) is 0 Å². The van der Waals surface area contributed by atoms with Crippen LogP contribution in [0.5, 0.6) is 0 Å². The molecule has 3 saturated carbocycles. The van der Waals surface area contributed by atoms with Gasteiger partial charge in [-0.05, 0) is 76.3 Å². The summed E-state index contributed by atoms with van der Waals surface area (Å²) >= 11 is 0. The summed E-state index contributed by atoms with van der Waals surface area (Å²) in [6, 6.07) is 3.31. The van der Waals surface area contributed by atoms with Gasteiger partial charge in [0.15, 0.2) is 0 Å². The molecule has 3 heterocycles. The normalized spacial score (nSPS) is 30.7. The van der Waals surface area contributed by atoms with Gasteiger partial charge < -0.3 is 25.1 Å². The molecule has 0 aromatic carbocycles. The van der Waals surface area contributed by atoms with Crippen LogP contribution >= 0.6 is 0 Å². The number of hydrogen-bond donors (Lipinski definition) is 3. The number of carbonyl (C=O) groups is 4. The highest BCUT2D eigenvalue weighted by atomic mass is 32.2. The molecule has 0 bridgehead atoms. The standard InChI is InChI=1S/C33H44N6O8S/c40-29-28-18-25(47-35-20-23-11-8-9-17-34-23)21-39(28)30(41)27(36-32(43)46-24-12-6-7-13-24)14-5-3-1-2-4-10-22-19-33(22,37-29)31(42)38-48(44,45)26-15-16-26/h4,8-11,17,20,22,24-28H,1-3,5-7,12-16,18-19,21H2,(H,36,43)(H,37,40)(H,38,42)/b10-4-,35-20+/t22-,25-,27+,28+,33+/m1/s1. The van der Waals surface area contributed by atoms with Crippen molar-refractivity contribution < 1.29 is 37.2 Å². The minimum absolute atomic E-state index is 0.00488. The Labute approximate surface area is 280 Å². The molecule has 4 fully saturated rings. The van der Waals surface area contributed by atoms with Gasteiger partial charge in [-0.2, -0.15) is 0 Å². The Balaban J connectivity index is 1.23. The molecule has 15 heteroatoms. The second kappa shape index (κ2) is 14.6. The van der Waals surface area contributed by atoms with E-state index in [1.807, 2.05) is 12.2 Å². The van der Waals surface area contributed by atoms with E-state index in [4.69, 9.17) is 9.57 Å². The molecular weight excluding hydrogens is 640 g/mol. The zero-order valence-corrected chi connectivity index (χ0v) is 27.7. The molecule has 48 heavy (non-hydrogen) atoms. The van der Waals surface area contributed by atoms with Gasteiger partial charge in [-0.3, -0.25) is 24.1 Å². The van der Waals surface area contributed by atoms with Gasteiger partial charge in [0.05, 0.1) is 23.7 Å². The van der Waals surface area contributed by atoms with Crippen molar-refractivity contribution in [2.45, 2.75) is 119 Å². The first kappa shape index (κ1) is 33.9. The molecule has 0 spiro atoms. The number of rotatable bonds is 8. The molecule has 260 valence electrons. The van der Waals surface area contributed by atoms with Crippen molar-refractivity contribution in [3.05, 3.63) is 42.2 Å². The lowest BCUT2D eigenvalue weighted by Crippen LogP contribution is -2.58. The number of ether oxygens (including phenoxy) is 1. The van der Waals surface area contributed by atoms with E-state index in [0.717, 1.165) is 38.5 Å². The number of nitrogens with one attached hydrogen (secondary N) is 3. The van der Waals surface area contributed by atoms with E-state index in [1.165, 1.54) is 11.1 Å². The van der Waals surface area contributed by atoms with Gasteiger partial charge in [0.1, 0.15) is 29.8 Å². The number of fused-ring (bicyclic) bond motifs is 2. The van der Waals surface area contributed by atoms with Crippen molar-refractivity contribution in [3.8, 4) is 0 Å². The summed E-state index contributed by atoms with van der Waals surface area (Å²) in [5.41, 5.74) is -0.908. The Morgan fingerprint density at radius 3 is 2.58 bits per heavy atom. The zero-order chi connectivity index (χ0) is 33.7. The molecule has 1 saturated heterocycles. The molecular formula is C33H44N6O8S. The summed E-state index contributed by atoms with van der Waals surface area (Å²) < 4.78 is 33.2. The summed E-state index contributed by atoms with van der Waals surface area (Å²) in [6.45, 7) is 0.00488. The average molecular weight is 685 g/mol. The van der Waals surface area contributed by atoms with Crippen molar-refractivity contribution >= 4 is 40.1 Å². The fourth-order valence-electron chi connectivity index (χ4n) is 6.80. The van der Waals surface area contributed by atoms with Gasteiger partial charge in [0.2, 0.25) is 21.8 Å². The fourth-order valence-corrected chi connectivity index (χ4v) is 8.16. The van der Waals surface area contributed by atoms with E-state index >= 15 is 0 Å². The van der Waals surface area contributed by atoms with Crippen molar-refractivity contribution in [3.63, 3.8) is 0 Å². The van der Waals surface area contributed by atoms with E-state index in [0.29, 0.717) is 37.8 Å². The number of alkyl carbamates (subject to hydrolysis) is 1. The number of allylic oxidation sites excluding steroid dienone is 1. The monoisotopic (exact) mass is 684 g/mol. The van der Waals surface area contributed by atoms with E-state index in [2.05, 4.69) is 25.5 Å². The topological polar surface area (TPSA) is 185 Å². The van der Waals surface area contributed by atoms with Crippen LogP contribution < -0.4 is 15.4 Å². The Hall–Kier alpha value is -4.01. The summed E-state index contributed by atoms with van der Waals surface area (Å²) in [5, 5.41) is 9.05. The molecule has 0 unspecified atom stereocenters. The van der Waals surface area contributed by atoms with Gasteiger partial charge in [0.25, 0.3) is 5.91 Å². The molecule has 2 aliphatic heterocycles. The average Bonchev–Trinajstić information content (AvgIpc) is 3.93. The van der Waals surface area contributed by atoms with Gasteiger partial charge in [0, 0.05) is 18.5 Å². The maximum Gasteiger partial charge on any atom is 0.408 e. The maximum absolute atomic E-state index is 14.2. The largest absolute Gasteiger partial charge is 0.446 e. The second-order valence-electron chi connectivity index (χ2n) is 13.5. The Morgan fingerprint density at radius 2 is 1.83 bits per heavy atom. The molecule has 0 radical (unpaired) electrons. The molecule has 5 atom stereocenters. The lowest BCUT2D eigenvalue weighted by atomic mass is 10.0. The Kier molecular flexibility index (Phi) is 10.3. The summed E-state index contributed by atoms with van der Waals surface area (Å²) in [7, 11) is -3.86. The van der Waals surface area contributed by atoms with E-state index < -0.39 is 68.7 Å². The van der Waals surface area contributed by atoms with Crippen LogP contribution in [-0.2, 0) is 34.0 Å². The van der Waals surface area contributed by atoms with Crippen molar-refractivity contribution in [1.82, 2.24) is 25.2 Å². The minimum Gasteiger partial charge on any atom is -0.446 e. The molecule has 1 aromatic rings. The van der Waals surface area contributed by atoms with Crippen LogP contribution in [0.15, 0.2) is 41.7 Å². The van der Waals surface area contributed by atoms with E-state index in [1.54, 1.807) is 24.4 Å². The number of pyridine rings is 1. The first-order valence-corrected chi connectivity index (χ1v) is 18.6. The highest BCUT2D eigenvalue weighted by molar-refractivity contribution is 7.91. The van der Waals surface area contributed by atoms with Gasteiger partial charge in [-0.15, -0.1) is 0 Å². The molecule has 6 rings (SSSR count). The molecule has 5 aliphatic rings. The first-order chi connectivity index (χ1) is 23.1. The lowest BCUT2D eigenvalue weighted by molar-refractivity contribution is -0.141. The second-order valence-corrected chi connectivity index (χ2v) is 15.4. The van der Waals surface area contributed by atoms with E-state index in [9.17, 15) is 27.6 Å². The molecule has 1 aromatic heterocycles. The lowest BCUT2D eigenvalue weighted by Gasteiger charge is -2.30. The van der Waals surface area contributed by atoms with Crippen molar-refractivity contribution in [2.24, 2.45) is 11.1 Å². The predicted octanol–water partition coefficient (Wildman–Crippen LogP) is 2.44. The van der Waals surface area contributed by atoms with Crippen molar-refractivity contribution in [2.75, 3.05) is 6.54 Å².